The summed E-state index contributed by atoms with van der Waals surface area (Å²) in [4.78, 5) is 31.9. The second-order valence-electron chi connectivity index (χ2n) is 37.1. The van der Waals surface area contributed by atoms with Gasteiger partial charge in [0.2, 0.25) is 11.9 Å². The molecule has 8 aromatic heterocycles. The van der Waals surface area contributed by atoms with Crippen molar-refractivity contribution in [1.82, 2.24) is 48.2 Å². The molecule has 144 heavy (non-hydrogen) atoms. The van der Waals surface area contributed by atoms with E-state index in [1.54, 1.807) is 0 Å². The monoisotopic (exact) mass is 1840 g/mol. The van der Waals surface area contributed by atoms with Gasteiger partial charge in [0.25, 0.3) is 0 Å². The van der Waals surface area contributed by atoms with E-state index in [0.29, 0.717) is 35.2 Å². The molecule has 0 aliphatic carbocycles. The largest absolute Gasteiger partial charge is 0.455 e. The number of para-hydroxylation sites is 4. The van der Waals surface area contributed by atoms with Crippen LogP contribution in [-0.4, -0.2) is 48.2 Å². The van der Waals surface area contributed by atoms with Crippen LogP contribution in [0.5, 0.6) is 0 Å². The normalized spacial score (nSPS) is 11.9. The van der Waals surface area contributed by atoms with E-state index in [2.05, 4.69) is 431 Å². The fourth-order valence-corrected chi connectivity index (χ4v) is 22.2. The van der Waals surface area contributed by atoms with Gasteiger partial charge < -0.3 is 18.0 Å². The first-order chi connectivity index (χ1) is 71.4. The Bertz CT molecular complexity index is 10100. The molecule has 29 aromatic rings. The number of rotatable bonds is 16. The molecule has 0 radical (unpaired) electrons. The van der Waals surface area contributed by atoms with Crippen LogP contribution < -0.4 is 0 Å². The molecule has 0 saturated carbocycles. The molecule has 0 bridgehead atoms. The smallest absolute Gasteiger partial charge is 0.238 e. The molecule has 0 spiro atoms. The van der Waals surface area contributed by atoms with Crippen molar-refractivity contribution in [2.45, 2.75) is 0 Å². The fraction of sp³-hybridized carbons (Fsp3) is 0. The van der Waals surface area contributed by atoms with Crippen molar-refractivity contribution in [1.29, 1.82) is 0 Å². The van der Waals surface area contributed by atoms with Crippen LogP contribution in [-0.2, 0) is 0 Å². The summed E-state index contributed by atoms with van der Waals surface area (Å²) in [7, 11) is 0. The molecule has 0 N–H and O–H groups in total. The molecule has 29 rings (SSSR count). The van der Waals surface area contributed by atoms with E-state index < -0.39 is 0 Å². The van der Waals surface area contributed by atoms with E-state index in [9.17, 15) is 0 Å². The van der Waals surface area contributed by atoms with Crippen LogP contribution in [0.25, 0.3) is 289 Å². The van der Waals surface area contributed by atoms with Gasteiger partial charge in [-0.1, -0.05) is 340 Å². The van der Waals surface area contributed by atoms with E-state index >= 15 is 0 Å². The molecule has 0 unspecified atom stereocenters. The summed E-state index contributed by atoms with van der Waals surface area (Å²) in [6.45, 7) is 0. The van der Waals surface area contributed by atoms with Gasteiger partial charge in [-0.3, -0.25) is 9.13 Å². The molecule has 8 heterocycles. The maximum absolute atomic E-state index is 7.64. The van der Waals surface area contributed by atoms with Gasteiger partial charge in [0, 0.05) is 115 Å². The third-order valence-corrected chi connectivity index (χ3v) is 28.9. The van der Waals surface area contributed by atoms with Crippen LogP contribution >= 0.6 is 0 Å². The molecule has 0 saturated heterocycles. The molecule has 0 aliphatic heterocycles. The van der Waals surface area contributed by atoms with E-state index in [1.807, 2.05) is 72.8 Å². The van der Waals surface area contributed by atoms with E-state index in [1.165, 1.54) is 10.8 Å². The second-order valence-corrected chi connectivity index (χ2v) is 37.1. The number of aromatic nitrogens is 10. The molecule has 0 amide bonds. The van der Waals surface area contributed by atoms with Gasteiger partial charge in [0.05, 0.1) is 44.1 Å². The van der Waals surface area contributed by atoms with Crippen LogP contribution in [0.15, 0.2) is 494 Å². The van der Waals surface area contributed by atoms with Gasteiger partial charge in [-0.25, -0.2) is 9.97 Å². The zero-order chi connectivity index (χ0) is 94.6. The number of hydrogen-bond acceptors (Lipinski definition) is 8. The van der Waals surface area contributed by atoms with Crippen LogP contribution in [0.2, 0.25) is 0 Å². The fourth-order valence-electron chi connectivity index (χ4n) is 22.2. The summed E-state index contributed by atoms with van der Waals surface area (Å²) in [5, 5.41) is 12.9. The highest BCUT2D eigenvalue weighted by Crippen LogP contribution is 2.52. The van der Waals surface area contributed by atoms with Gasteiger partial charge in [0.15, 0.2) is 23.3 Å². The van der Waals surface area contributed by atoms with Crippen molar-refractivity contribution in [3.05, 3.63) is 485 Å². The molecule has 0 atom stereocenters. The zero-order valence-electron chi connectivity index (χ0n) is 77.5. The SMILES string of the molecule is c1ccc(-c2nc(-c3ccccc3)nc(-n3c4ccccc4c4cc(-c5cc(-c6ccccc6)c6oc7c(-c8ccccc8)ccc(-c8ccc9c(c8)c8cc(-c%10ccc%11c(c%10)c%10cc(-c%12cc(-c%13ccccc%13)c%13oc%14cccc(-c%15ccc%16c(c%15)c%15ccccc%15n%16-c%15ccccc%15)c%14c%13c%12)ccc%10n%11-c%10nc(-c%11ccccc%11)nc(-c%11ccccc%11)n%10)ccc8n9-c8ccccc8)c7c6c5)ccc43)n2)cc1. The third kappa shape index (κ3) is 13.4. The lowest BCUT2D eigenvalue weighted by molar-refractivity contribution is 0.670. The topological polar surface area (TPSA) is 123 Å². The van der Waals surface area contributed by atoms with Crippen LogP contribution in [0.1, 0.15) is 0 Å². The Kier molecular flexibility index (Phi) is 18.8. The van der Waals surface area contributed by atoms with E-state index in [0.717, 1.165) is 243 Å². The summed E-state index contributed by atoms with van der Waals surface area (Å²) in [6.07, 6.45) is 0. The van der Waals surface area contributed by atoms with Gasteiger partial charge in [-0.15, -0.1) is 0 Å². The quantitative estimate of drug-likeness (QED) is 0.0937. The van der Waals surface area contributed by atoms with Crippen molar-refractivity contribution in [3.8, 4) is 158 Å². The number of hydrogen-bond donors (Lipinski definition) is 0. The molecular formula is C132H80N10O2. The minimum atomic E-state index is 0.502. The van der Waals surface area contributed by atoms with Crippen molar-refractivity contribution in [2.24, 2.45) is 0 Å². The van der Waals surface area contributed by atoms with Crippen LogP contribution in [0.3, 0.4) is 0 Å². The number of nitrogens with zero attached hydrogens (tertiary/aromatic N) is 10. The summed E-state index contributed by atoms with van der Waals surface area (Å²) in [5.41, 5.74) is 34.0. The minimum Gasteiger partial charge on any atom is -0.455 e. The number of benzene rings is 21. The molecule has 21 aromatic carbocycles. The van der Waals surface area contributed by atoms with Gasteiger partial charge >= 0.3 is 0 Å². The number of furan rings is 2. The van der Waals surface area contributed by atoms with E-state index in [4.69, 9.17) is 38.7 Å². The minimum absolute atomic E-state index is 0.502. The molecule has 12 nitrogen and oxygen atoms in total. The van der Waals surface area contributed by atoms with Crippen molar-refractivity contribution in [2.75, 3.05) is 0 Å². The van der Waals surface area contributed by atoms with Crippen molar-refractivity contribution in [3.63, 3.8) is 0 Å². The Morgan fingerprint density at radius 1 is 0.146 bits per heavy atom. The Balaban J connectivity index is 0.619. The summed E-state index contributed by atoms with van der Waals surface area (Å²) in [6, 6.07) is 174. The molecule has 0 fully saturated rings. The standard InChI is InChI=1S/C132H80N10O2/c1-10-33-81(34-11-1)100-64-63-99(123-112-80-95(78-104(125(112)144-126(100)123)83-37-14-3-15-38-83)90-59-67-118-105(73-90)102-52-29-31-55-114(102)141(118)131-135-127(84-39-16-4-17-40-84)133-128(136-131)85-41-18-5-19-42-85)93-62-70-117-110(76-93)107-71-88(57-65-116(107)140(117)97-49-26-9-27-50-97)89-58-66-119-108(72-89)109-74-91(60-68-120(109)142(119)132-137-129(86-43-20-6-21-44-86)134-130(138-132)87-45-22-7-23-46-87)94-77-103(82-35-12-2-13-36-82)124-111(79-94)122-98(53-32-56-121(122)143-124)92-61-69-115-106(75-92)101-51-28-30-54-113(101)139(115)96-47-24-8-25-48-96/h1-80H. The molecule has 12 heteroatoms. The highest BCUT2D eigenvalue weighted by Gasteiger charge is 2.29. The highest BCUT2D eigenvalue weighted by molar-refractivity contribution is 6.23. The average Bonchev–Trinajstić information content (AvgIpc) is 1.57. The molecule has 0 aliphatic rings. The Morgan fingerprint density at radius 2 is 0.424 bits per heavy atom. The molecule has 670 valence electrons. The lowest BCUT2D eigenvalue weighted by Gasteiger charge is -2.12. The lowest BCUT2D eigenvalue weighted by atomic mass is 9.91. The van der Waals surface area contributed by atoms with Crippen molar-refractivity contribution >= 4 is 131 Å². The van der Waals surface area contributed by atoms with Gasteiger partial charge in [-0.05, 0) is 218 Å². The Hall–Kier alpha value is -19.6. The molecular weight excluding hydrogens is 1760 g/mol. The van der Waals surface area contributed by atoms with E-state index in [-0.39, 0.29) is 0 Å². The van der Waals surface area contributed by atoms with Crippen LogP contribution in [0, 0.1) is 0 Å². The van der Waals surface area contributed by atoms with Crippen molar-refractivity contribution < 1.29 is 8.83 Å². The van der Waals surface area contributed by atoms with Gasteiger partial charge in [0.1, 0.15) is 22.3 Å². The Labute approximate surface area is 825 Å². The first kappa shape index (κ1) is 81.6. The average molecular weight is 1840 g/mol. The Morgan fingerprint density at radius 3 is 0.819 bits per heavy atom. The summed E-state index contributed by atoms with van der Waals surface area (Å²) in [5.74, 6) is 3.36. The third-order valence-electron chi connectivity index (χ3n) is 28.9. The van der Waals surface area contributed by atoms with Crippen LogP contribution in [0.4, 0.5) is 0 Å². The number of fused-ring (bicyclic) bond motifs is 18. The zero-order valence-corrected chi connectivity index (χ0v) is 77.5. The summed E-state index contributed by atoms with van der Waals surface area (Å²) < 4.78 is 24.1. The first-order valence-corrected chi connectivity index (χ1v) is 48.7. The lowest BCUT2D eigenvalue weighted by Crippen LogP contribution is -2.06. The van der Waals surface area contributed by atoms with Gasteiger partial charge in [-0.2, -0.15) is 19.9 Å². The second kappa shape index (κ2) is 33.1. The summed E-state index contributed by atoms with van der Waals surface area (Å²) >= 11 is 0. The highest BCUT2D eigenvalue weighted by atomic mass is 16.3. The predicted molar refractivity (Wildman–Crippen MR) is 590 cm³/mol. The predicted octanol–water partition coefficient (Wildman–Crippen LogP) is 34.2. The maximum Gasteiger partial charge on any atom is 0.238 e. The maximum atomic E-state index is 7.64. The first-order valence-electron chi connectivity index (χ1n) is 48.7.